The van der Waals surface area contributed by atoms with E-state index in [1.54, 1.807) is 0 Å². The molecule has 0 heterocycles. The van der Waals surface area contributed by atoms with Crippen molar-refractivity contribution in [2.24, 2.45) is 0 Å². The molecule has 0 saturated heterocycles. The van der Waals surface area contributed by atoms with Gasteiger partial charge in [-0.15, -0.1) is 0 Å². The van der Waals surface area contributed by atoms with Crippen molar-refractivity contribution in [2.75, 3.05) is 5.73 Å². The van der Waals surface area contributed by atoms with Gasteiger partial charge >= 0.3 is 0 Å². The van der Waals surface area contributed by atoms with Crippen LogP contribution in [0.15, 0.2) is 42.5 Å². The zero-order valence-corrected chi connectivity index (χ0v) is 10.2. The maximum Gasteiger partial charge on any atom is 0.122 e. The van der Waals surface area contributed by atoms with Crippen molar-refractivity contribution < 1.29 is 4.74 Å². The number of ether oxygens (including phenoxy) is 1. The van der Waals surface area contributed by atoms with Gasteiger partial charge in [0.1, 0.15) is 12.4 Å². The second kappa shape index (κ2) is 4.91. The van der Waals surface area contributed by atoms with Gasteiger partial charge in [-0.2, -0.15) is 0 Å². The Kier molecular flexibility index (Phi) is 3.33. The van der Waals surface area contributed by atoms with Crippen LogP contribution in [0.25, 0.3) is 0 Å². The molecule has 2 N–H and O–H groups in total. The third-order valence-electron chi connectivity index (χ3n) is 2.82. The summed E-state index contributed by atoms with van der Waals surface area (Å²) in [5, 5.41) is 0. The van der Waals surface area contributed by atoms with Gasteiger partial charge in [0.2, 0.25) is 0 Å². The minimum Gasteiger partial charge on any atom is -0.489 e. The molecule has 88 valence electrons. The maximum absolute atomic E-state index is 5.78. The molecule has 0 aliphatic carbocycles. The van der Waals surface area contributed by atoms with E-state index in [9.17, 15) is 0 Å². The first kappa shape index (κ1) is 11.5. The number of hydrogen-bond donors (Lipinski definition) is 1. The molecule has 0 atom stereocenters. The third-order valence-corrected chi connectivity index (χ3v) is 2.82. The van der Waals surface area contributed by atoms with E-state index >= 15 is 0 Å². The maximum atomic E-state index is 5.78. The third kappa shape index (κ3) is 2.78. The number of aryl methyl sites for hydroxylation is 2. The average Bonchev–Trinajstić information content (AvgIpc) is 2.32. The molecule has 0 aromatic heterocycles. The molecule has 2 nitrogen and oxygen atoms in total. The van der Waals surface area contributed by atoms with Crippen LogP contribution in [0.3, 0.4) is 0 Å². The van der Waals surface area contributed by atoms with Crippen molar-refractivity contribution in [2.45, 2.75) is 20.5 Å². The topological polar surface area (TPSA) is 35.2 Å². The van der Waals surface area contributed by atoms with Crippen LogP contribution < -0.4 is 10.5 Å². The summed E-state index contributed by atoms with van der Waals surface area (Å²) >= 11 is 0. The minimum atomic E-state index is 0.575. The zero-order chi connectivity index (χ0) is 12.3. The van der Waals surface area contributed by atoms with Gasteiger partial charge in [-0.05, 0) is 42.7 Å². The number of rotatable bonds is 3. The van der Waals surface area contributed by atoms with E-state index in [0.29, 0.717) is 6.61 Å². The summed E-state index contributed by atoms with van der Waals surface area (Å²) in [5.74, 6) is 0.932. The van der Waals surface area contributed by atoms with Crippen molar-refractivity contribution >= 4 is 5.69 Å². The normalized spacial score (nSPS) is 10.2. The van der Waals surface area contributed by atoms with Crippen LogP contribution in [0.4, 0.5) is 5.69 Å². The van der Waals surface area contributed by atoms with Gasteiger partial charge in [0.05, 0.1) is 0 Å². The predicted molar refractivity (Wildman–Crippen MR) is 71.1 cm³/mol. The highest BCUT2D eigenvalue weighted by Crippen LogP contribution is 2.19. The number of para-hydroxylation sites is 1. The van der Waals surface area contributed by atoms with E-state index in [1.807, 2.05) is 50.2 Å². The number of nitrogens with two attached hydrogens (primary N) is 1. The summed E-state index contributed by atoms with van der Waals surface area (Å²) in [6.07, 6.45) is 0. The minimum absolute atomic E-state index is 0.575. The lowest BCUT2D eigenvalue weighted by Gasteiger charge is -2.10. The van der Waals surface area contributed by atoms with Gasteiger partial charge in [0.15, 0.2) is 0 Å². The van der Waals surface area contributed by atoms with E-state index in [-0.39, 0.29) is 0 Å². The number of hydrogen-bond acceptors (Lipinski definition) is 2. The summed E-state index contributed by atoms with van der Waals surface area (Å²) in [5.41, 5.74) is 9.99. The fourth-order valence-corrected chi connectivity index (χ4v) is 1.71. The molecule has 17 heavy (non-hydrogen) atoms. The molecule has 0 radical (unpaired) electrons. The van der Waals surface area contributed by atoms with Crippen molar-refractivity contribution in [3.05, 3.63) is 59.2 Å². The Balaban J connectivity index is 2.08. The van der Waals surface area contributed by atoms with Crippen LogP contribution in [0.1, 0.15) is 16.7 Å². The number of anilines is 1. The van der Waals surface area contributed by atoms with Crippen LogP contribution in [0.5, 0.6) is 5.75 Å². The van der Waals surface area contributed by atoms with Gasteiger partial charge in [0, 0.05) is 5.69 Å². The fraction of sp³-hybridized carbons (Fsp3) is 0.200. The highest BCUT2D eigenvalue weighted by Gasteiger charge is 2.00. The summed E-state index contributed by atoms with van der Waals surface area (Å²) in [4.78, 5) is 0. The lowest BCUT2D eigenvalue weighted by molar-refractivity contribution is 0.304. The van der Waals surface area contributed by atoms with Gasteiger partial charge in [-0.25, -0.2) is 0 Å². The summed E-state index contributed by atoms with van der Waals surface area (Å²) < 4.78 is 5.78. The highest BCUT2D eigenvalue weighted by atomic mass is 16.5. The molecule has 0 fully saturated rings. The second-order valence-electron chi connectivity index (χ2n) is 4.25. The van der Waals surface area contributed by atoms with Crippen LogP contribution >= 0.6 is 0 Å². The van der Waals surface area contributed by atoms with E-state index in [4.69, 9.17) is 10.5 Å². The number of benzene rings is 2. The van der Waals surface area contributed by atoms with Crippen LogP contribution in [-0.4, -0.2) is 0 Å². The molecule has 0 spiro atoms. The largest absolute Gasteiger partial charge is 0.489 e. The first-order chi connectivity index (χ1) is 8.16. The first-order valence-electron chi connectivity index (χ1n) is 5.70. The van der Waals surface area contributed by atoms with Gasteiger partial charge in [-0.1, -0.05) is 30.3 Å². The Morgan fingerprint density at radius 3 is 2.47 bits per heavy atom. The predicted octanol–water partition coefficient (Wildman–Crippen LogP) is 3.46. The molecule has 0 aliphatic heterocycles. The lowest BCUT2D eigenvalue weighted by Crippen LogP contribution is -1.98. The summed E-state index contributed by atoms with van der Waals surface area (Å²) in [6.45, 7) is 4.63. The SMILES string of the molecule is Cc1cc(COc2ccccc2C)ccc1N. The van der Waals surface area contributed by atoms with Gasteiger partial charge in [-0.3, -0.25) is 0 Å². The van der Waals surface area contributed by atoms with Crippen molar-refractivity contribution in [1.82, 2.24) is 0 Å². The van der Waals surface area contributed by atoms with E-state index in [2.05, 4.69) is 6.07 Å². The van der Waals surface area contributed by atoms with Crippen molar-refractivity contribution in [3.63, 3.8) is 0 Å². The molecule has 0 amide bonds. The molecule has 0 bridgehead atoms. The van der Waals surface area contributed by atoms with Crippen molar-refractivity contribution in [3.8, 4) is 5.75 Å². The van der Waals surface area contributed by atoms with E-state index < -0.39 is 0 Å². The summed E-state index contributed by atoms with van der Waals surface area (Å²) in [7, 11) is 0. The first-order valence-corrected chi connectivity index (χ1v) is 5.70. The van der Waals surface area contributed by atoms with Crippen LogP contribution in [0, 0.1) is 13.8 Å². The quantitative estimate of drug-likeness (QED) is 0.815. The molecule has 2 aromatic carbocycles. The second-order valence-corrected chi connectivity index (χ2v) is 4.25. The molecule has 0 saturated carbocycles. The van der Waals surface area contributed by atoms with E-state index in [1.165, 1.54) is 0 Å². The molecular weight excluding hydrogens is 210 g/mol. The Morgan fingerprint density at radius 2 is 1.76 bits per heavy atom. The smallest absolute Gasteiger partial charge is 0.122 e. The van der Waals surface area contributed by atoms with Crippen LogP contribution in [0.2, 0.25) is 0 Å². The van der Waals surface area contributed by atoms with Gasteiger partial charge < -0.3 is 10.5 Å². The molecular formula is C15H17NO. The molecule has 2 rings (SSSR count). The summed E-state index contributed by atoms with van der Waals surface area (Å²) in [6, 6.07) is 14.0. The Labute approximate surface area is 102 Å². The van der Waals surface area contributed by atoms with E-state index in [0.717, 1.165) is 28.1 Å². The zero-order valence-electron chi connectivity index (χ0n) is 10.2. The molecule has 0 aliphatic rings. The Morgan fingerprint density at radius 1 is 1.00 bits per heavy atom. The standard InChI is InChI=1S/C15H17NO/c1-11-5-3-4-6-15(11)17-10-13-7-8-14(16)12(2)9-13/h3-9H,10,16H2,1-2H3. The van der Waals surface area contributed by atoms with Gasteiger partial charge in [0.25, 0.3) is 0 Å². The Hall–Kier alpha value is -1.96. The van der Waals surface area contributed by atoms with Crippen molar-refractivity contribution in [1.29, 1.82) is 0 Å². The lowest BCUT2D eigenvalue weighted by atomic mass is 10.1. The molecule has 2 heteroatoms. The monoisotopic (exact) mass is 227 g/mol. The van der Waals surface area contributed by atoms with Crippen LogP contribution in [-0.2, 0) is 6.61 Å². The molecule has 2 aromatic rings. The Bertz CT molecular complexity index is 520. The highest BCUT2D eigenvalue weighted by molar-refractivity contribution is 5.47. The number of nitrogen functional groups attached to an aromatic ring is 1. The fourth-order valence-electron chi connectivity index (χ4n) is 1.71. The molecule has 0 unspecified atom stereocenters. The average molecular weight is 227 g/mol.